The fourth-order valence-corrected chi connectivity index (χ4v) is 4.35. The summed E-state index contributed by atoms with van der Waals surface area (Å²) in [6, 6.07) is 3.99. The molecular formula is C30H43N7O8. The number of rotatable bonds is 18. The van der Waals surface area contributed by atoms with E-state index in [1.807, 2.05) is 0 Å². The van der Waals surface area contributed by atoms with Crippen molar-refractivity contribution in [3.05, 3.63) is 42.0 Å². The quantitative estimate of drug-likeness (QED) is 0.102. The number of carbonyl (C=O) groups excluding carboxylic acids is 7. The molecule has 15 nitrogen and oxygen atoms in total. The van der Waals surface area contributed by atoms with E-state index >= 15 is 0 Å². The van der Waals surface area contributed by atoms with Gasteiger partial charge in [0.05, 0.1) is 0 Å². The van der Waals surface area contributed by atoms with Gasteiger partial charge in [0.25, 0.3) is 11.8 Å². The monoisotopic (exact) mass is 629 g/mol. The number of carbonyl (C=O) groups is 7. The number of anilines is 1. The Hall–Kier alpha value is -4.95. The molecule has 2 rings (SSSR count). The molecule has 0 saturated heterocycles. The summed E-state index contributed by atoms with van der Waals surface area (Å²) in [5.41, 5.74) is 6.26. The fourth-order valence-electron chi connectivity index (χ4n) is 4.35. The van der Waals surface area contributed by atoms with Gasteiger partial charge in [0, 0.05) is 44.4 Å². The maximum Gasteiger partial charge on any atom is 0.407 e. The molecule has 2 atom stereocenters. The Morgan fingerprint density at radius 3 is 2.16 bits per heavy atom. The zero-order chi connectivity index (χ0) is 33.4. The molecule has 1 unspecified atom stereocenters. The number of nitrogens with one attached hydrogen (secondary N) is 5. The van der Waals surface area contributed by atoms with Crippen LogP contribution in [0.4, 0.5) is 15.3 Å². The van der Waals surface area contributed by atoms with Gasteiger partial charge in [-0.05, 0) is 49.3 Å². The molecule has 1 aromatic rings. The molecule has 1 aliphatic rings. The minimum absolute atomic E-state index is 0.0418. The van der Waals surface area contributed by atoms with Crippen LogP contribution in [0.1, 0.15) is 57.9 Å². The van der Waals surface area contributed by atoms with E-state index in [9.17, 15) is 33.6 Å². The van der Waals surface area contributed by atoms with Gasteiger partial charge in [-0.3, -0.25) is 28.9 Å². The van der Waals surface area contributed by atoms with E-state index in [0.717, 1.165) is 4.90 Å². The maximum absolute atomic E-state index is 13.3. The summed E-state index contributed by atoms with van der Waals surface area (Å²) in [7, 11) is 1.45. The van der Waals surface area contributed by atoms with Crippen LogP contribution in [0.15, 0.2) is 36.4 Å². The number of imide groups is 1. The second-order valence-electron chi connectivity index (χ2n) is 10.8. The SMILES string of the molecule is CNC(=O)OCc1ccc(NC(=O)[C@H](CCCNC(N)=O)NC(=O)C(NC(=O)CCCCCN2C(=O)C=CC2=O)C(C)C)cc1. The number of benzene rings is 1. The third-order valence-electron chi connectivity index (χ3n) is 6.85. The first-order valence-electron chi connectivity index (χ1n) is 14.8. The van der Waals surface area contributed by atoms with E-state index in [2.05, 4.69) is 26.6 Å². The van der Waals surface area contributed by atoms with E-state index in [-0.39, 0.29) is 56.2 Å². The maximum atomic E-state index is 13.3. The summed E-state index contributed by atoms with van der Waals surface area (Å²) in [5.74, 6) is -2.37. The van der Waals surface area contributed by atoms with Crippen LogP contribution in [0.5, 0.6) is 0 Å². The number of hydrogen-bond acceptors (Lipinski definition) is 8. The Kier molecular flexibility index (Phi) is 15.0. The molecule has 45 heavy (non-hydrogen) atoms. The summed E-state index contributed by atoms with van der Waals surface area (Å²) in [4.78, 5) is 85.9. The first-order valence-corrected chi connectivity index (χ1v) is 14.8. The third-order valence-corrected chi connectivity index (χ3v) is 6.85. The molecule has 0 bridgehead atoms. The molecule has 0 fully saturated rings. The topological polar surface area (TPSA) is 218 Å². The van der Waals surface area contributed by atoms with E-state index in [1.54, 1.807) is 38.1 Å². The van der Waals surface area contributed by atoms with Crippen LogP contribution in [0.2, 0.25) is 0 Å². The fraction of sp³-hybridized carbons (Fsp3) is 0.500. The summed E-state index contributed by atoms with van der Waals surface area (Å²) >= 11 is 0. The highest BCUT2D eigenvalue weighted by Crippen LogP contribution is 2.13. The van der Waals surface area contributed by atoms with E-state index < -0.39 is 36.0 Å². The number of alkyl carbamates (subject to hydrolysis) is 1. The molecule has 0 spiro atoms. The Balaban J connectivity index is 1.94. The number of ether oxygens (including phenoxy) is 1. The van der Waals surface area contributed by atoms with Crippen molar-refractivity contribution in [2.24, 2.45) is 11.7 Å². The zero-order valence-electron chi connectivity index (χ0n) is 25.9. The highest BCUT2D eigenvalue weighted by molar-refractivity contribution is 6.12. The normalized spacial score (nSPS) is 13.6. The molecule has 15 heteroatoms. The second kappa shape index (κ2) is 18.7. The van der Waals surface area contributed by atoms with E-state index in [4.69, 9.17) is 10.5 Å². The number of nitrogens with zero attached hydrogens (tertiary/aromatic N) is 1. The molecule has 246 valence electrons. The van der Waals surface area contributed by atoms with Crippen LogP contribution in [0.3, 0.4) is 0 Å². The van der Waals surface area contributed by atoms with Gasteiger partial charge in [-0.25, -0.2) is 9.59 Å². The number of hydrogen-bond donors (Lipinski definition) is 6. The molecule has 1 aromatic carbocycles. The molecule has 1 aliphatic heterocycles. The lowest BCUT2D eigenvalue weighted by Crippen LogP contribution is -2.54. The highest BCUT2D eigenvalue weighted by Gasteiger charge is 2.29. The lowest BCUT2D eigenvalue weighted by Gasteiger charge is -2.25. The number of nitrogens with two attached hydrogens (primary N) is 1. The van der Waals surface area contributed by atoms with Gasteiger partial charge in [0.1, 0.15) is 18.7 Å². The molecule has 0 aromatic heterocycles. The molecule has 8 amide bonds. The standard InChI is InChI=1S/C30H43N7O8/c1-19(2)26(36-23(38)9-5-4-6-17-37-24(39)14-15-25(37)40)28(42)35-22(8-7-16-33-29(31)43)27(41)34-21-12-10-20(11-13-21)18-45-30(44)32-3/h10-15,19,22,26H,4-9,16-18H2,1-3H3,(H,32,44)(H,34,41)(H,35,42)(H,36,38)(H3,31,33,43)/t22-,26?/m0/s1. The van der Waals surface area contributed by atoms with Gasteiger partial charge >= 0.3 is 12.1 Å². The van der Waals surface area contributed by atoms with Gasteiger partial charge in [0.15, 0.2) is 0 Å². The molecular weight excluding hydrogens is 586 g/mol. The average Bonchev–Trinajstić information content (AvgIpc) is 3.32. The average molecular weight is 630 g/mol. The summed E-state index contributed by atoms with van der Waals surface area (Å²) in [5, 5.41) is 13.0. The van der Waals surface area contributed by atoms with E-state index in [0.29, 0.717) is 36.9 Å². The number of unbranched alkanes of at least 4 members (excludes halogenated alkanes) is 2. The third kappa shape index (κ3) is 13.1. The summed E-state index contributed by atoms with van der Waals surface area (Å²) in [6.07, 6.45) is 4.18. The Morgan fingerprint density at radius 2 is 1.56 bits per heavy atom. The summed E-state index contributed by atoms with van der Waals surface area (Å²) < 4.78 is 5.00. The molecule has 0 saturated carbocycles. The predicted octanol–water partition coefficient (Wildman–Crippen LogP) is 1.04. The van der Waals surface area contributed by atoms with Crippen LogP contribution in [0.25, 0.3) is 0 Å². The Morgan fingerprint density at radius 1 is 0.889 bits per heavy atom. The first-order chi connectivity index (χ1) is 21.4. The molecule has 7 N–H and O–H groups in total. The van der Waals surface area contributed by atoms with Gasteiger partial charge in [-0.2, -0.15) is 0 Å². The van der Waals surface area contributed by atoms with Crippen molar-refractivity contribution in [1.29, 1.82) is 0 Å². The number of amides is 8. The molecule has 0 aliphatic carbocycles. The van der Waals surface area contributed by atoms with Crippen LogP contribution >= 0.6 is 0 Å². The van der Waals surface area contributed by atoms with Crippen molar-refractivity contribution >= 4 is 47.3 Å². The van der Waals surface area contributed by atoms with Crippen molar-refractivity contribution < 1.29 is 38.3 Å². The van der Waals surface area contributed by atoms with Crippen molar-refractivity contribution in [3.8, 4) is 0 Å². The van der Waals surface area contributed by atoms with E-state index in [1.165, 1.54) is 19.2 Å². The van der Waals surface area contributed by atoms with Gasteiger partial charge in [-0.15, -0.1) is 0 Å². The molecule has 1 heterocycles. The van der Waals surface area contributed by atoms with Crippen molar-refractivity contribution in [2.45, 2.75) is 71.1 Å². The number of urea groups is 1. The van der Waals surface area contributed by atoms with Crippen LogP contribution in [-0.2, 0) is 35.3 Å². The number of primary amides is 1. The first kappa shape index (κ1) is 36.2. The lowest BCUT2D eigenvalue weighted by molar-refractivity contribution is -0.137. The Labute approximate surface area is 262 Å². The van der Waals surface area contributed by atoms with Gasteiger partial charge in [0.2, 0.25) is 17.7 Å². The van der Waals surface area contributed by atoms with Crippen molar-refractivity contribution in [3.63, 3.8) is 0 Å². The van der Waals surface area contributed by atoms with Gasteiger partial charge in [-0.1, -0.05) is 32.4 Å². The highest BCUT2D eigenvalue weighted by atomic mass is 16.5. The van der Waals surface area contributed by atoms with Crippen LogP contribution < -0.4 is 32.3 Å². The largest absolute Gasteiger partial charge is 0.445 e. The zero-order valence-corrected chi connectivity index (χ0v) is 25.9. The van der Waals surface area contributed by atoms with Crippen molar-refractivity contribution in [1.82, 2.24) is 26.2 Å². The van der Waals surface area contributed by atoms with Crippen LogP contribution in [0, 0.1) is 5.92 Å². The Bertz CT molecular complexity index is 1230. The van der Waals surface area contributed by atoms with Crippen molar-refractivity contribution in [2.75, 3.05) is 25.5 Å². The van der Waals surface area contributed by atoms with Gasteiger partial charge < -0.3 is 37.1 Å². The smallest absolute Gasteiger partial charge is 0.407 e. The predicted molar refractivity (Wildman–Crippen MR) is 164 cm³/mol. The lowest BCUT2D eigenvalue weighted by atomic mass is 10.0. The van der Waals surface area contributed by atoms with Crippen LogP contribution in [-0.4, -0.2) is 78.8 Å². The minimum Gasteiger partial charge on any atom is -0.445 e. The second-order valence-corrected chi connectivity index (χ2v) is 10.8. The summed E-state index contributed by atoms with van der Waals surface area (Å²) in [6.45, 7) is 4.04. The minimum atomic E-state index is -0.993. The molecule has 0 radical (unpaired) electrons.